The minimum atomic E-state index is -1.64. The van der Waals surface area contributed by atoms with Crippen molar-refractivity contribution in [3.8, 4) is 0 Å². The third-order valence-corrected chi connectivity index (χ3v) is 9.23. The van der Waals surface area contributed by atoms with Gasteiger partial charge in [0.25, 0.3) is 0 Å². The molecule has 0 aromatic heterocycles. The van der Waals surface area contributed by atoms with Gasteiger partial charge in [-0.2, -0.15) is 0 Å². The summed E-state index contributed by atoms with van der Waals surface area (Å²) in [5.41, 5.74) is 0.863. The van der Waals surface area contributed by atoms with E-state index in [-0.39, 0.29) is 37.3 Å². The first kappa shape index (κ1) is 30.2. The van der Waals surface area contributed by atoms with E-state index in [0.29, 0.717) is 24.3 Å². The molecule has 0 aromatic rings. The zero-order chi connectivity index (χ0) is 28.4. The van der Waals surface area contributed by atoms with E-state index in [4.69, 9.17) is 18.9 Å². The van der Waals surface area contributed by atoms with Gasteiger partial charge in [0.05, 0.1) is 24.9 Å². The normalized spacial score (nSPS) is 45.7. The topological polar surface area (TPSA) is 94.5 Å². The summed E-state index contributed by atoms with van der Waals surface area (Å²) in [7, 11) is 1.59. The average molecular weight is 545 g/mol. The van der Waals surface area contributed by atoms with Crippen LogP contribution in [0.4, 0.5) is 0 Å². The smallest absolute Gasteiger partial charge is 0.316 e. The maximum atomic E-state index is 13.9. The quantitative estimate of drug-likeness (QED) is 0.366. The Kier molecular flexibility index (Phi) is 9.60. The number of hydrogen-bond acceptors (Lipinski definition) is 7. The summed E-state index contributed by atoms with van der Waals surface area (Å²) >= 11 is 0. The van der Waals surface area contributed by atoms with Crippen LogP contribution in [0.25, 0.3) is 0 Å². The number of hydrogen-bond donors (Lipinski definition) is 2. The Morgan fingerprint density at radius 2 is 1.90 bits per heavy atom. The molecule has 1 spiro atoms. The summed E-state index contributed by atoms with van der Waals surface area (Å²) in [5.74, 6) is -1.55. The third kappa shape index (κ3) is 6.76. The Hall–Kier alpha value is -1.77. The summed E-state index contributed by atoms with van der Waals surface area (Å²) in [6.45, 7) is 10.1. The lowest BCUT2D eigenvalue weighted by Gasteiger charge is -2.49. The summed E-state index contributed by atoms with van der Waals surface area (Å²) in [4.78, 5) is 13.9. The Morgan fingerprint density at radius 3 is 2.59 bits per heavy atom. The maximum absolute atomic E-state index is 13.9. The van der Waals surface area contributed by atoms with Crippen molar-refractivity contribution in [1.29, 1.82) is 0 Å². The fourth-order valence-electron chi connectivity index (χ4n) is 6.66. The number of carbonyl (C=O) groups is 1. The zero-order valence-electron chi connectivity index (χ0n) is 24.5. The highest BCUT2D eigenvalue weighted by molar-refractivity contribution is 5.78. The molecule has 7 nitrogen and oxygen atoms in total. The highest BCUT2D eigenvalue weighted by Crippen LogP contribution is 2.44. The molecule has 2 saturated heterocycles. The summed E-state index contributed by atoms with van der Waals surface area (Å²) < 4.78 is 25.0. The number of carbonyl (C=O) groups excluding carboxylic acids is 1. The first-order valence-electron chi connectivity index (χ1n) is 14.6. The monoisotopic (exact) mass is 544 g/mol. The Labute approximate surface area is 233 Å². The number of ether oxygens (including phenoxy) is 4. The second-order valence-corrected chi connectivity index (χ2v) is 12.4. The Morgan fingerprint density at radius 1 is 1.13 bits per heavy atom. The van der Waals surface area contributed by atoms with E-state index in [1.54, 1.807) is 19.3 Å². The molecule has 3 aliphatic heterocycles. The molecule has 218 valence electrons. The van der Waals surface area contributed by atoms with Crippen LogP contribution in [-0.2, 0) is 23.7 Å². The zero-order valence-corrected chi connectivity index (χ0v) is 24.5. The van der Waals surface area contributed by atoms with E-state index in [9.17, 15) is 15.0 Å². The van der Waals surface area contributed by atoms with Crippen molar-refractivity contribution in [2.24, 2.45) is 17.8 Å². The molecule has 3 heterocycles. The van der Waals surface area contributed by atoms with Gasteiger partial charge in [-0.15, -0.1) is 0 Å². The van der Waals surface area contributed by atoms with Crippen molar-refractivity contribution in [1.82, 2.24) is 0 Å². The van der Waals surface area contributed by atoms with Crippen LogP contribution in [0.5, 0.6) is 0 Å². The number of aliphatic hydroxyl groups is 2. The van der Waals surface area contributed by atoms with Gasteiger partial charge in [0.1, 0.15) is 17.6 Å². The van der Waals surface area contributed by atoms with Gasteiger partial charge in [-0.05, 0) is 63.0 Å². The molecular formula is C32H48O7. The molecule has 4 rings (SSSR count). The van der Waals surface area contributed by atoms with E-state index in [1.165, 1.54) is 5.57 Å². The SMILES string of the molecule is CO[C@H]1C[C@@]2(O)/C(CO)=C/C=C/[C@H](C)C/C(C)=C/C[C@@H]3C[C@@H](C[C@]4(CC[C@H](C)[C@@H](C)O4)O3)OC(=O)C2C=C1C. The molecule has 2 fully saturated rings. The summed E-state index contributed by atoms with van der Waals surface area (Å²) in [6, 6.07) is 0. The van der Waals surface area contributed by atoms with Crippen molar-refractivity contribution < 1.29 is 34.0 Å². The van der Waals surface area contributed by atoms with Gasteiger partial charge in [0.15, 0.2) is 5.79 Å². The first-order chi connectivity index (χ1) is 18.5. The summed E-state index contributed by atoms with van der Waals surface area (Å²) in [5, 5.41) is 22.4. The molecule has 2 N–H and O–H groups in total. The van der Waals surface area contributed by atoms with E-state index in [0.717, 1.165) is 31.3 Å². The van der Waals surface area contributed by atoms with Crippen LogP contribution in [0, 0.1) is 17.8 Å². The highest BCUT2D eigenvalue weighted by atomic mass is 16.7. The predicted molar refractivity (Wildman–Crippen MR) is 150 cm³/mol. The maximum Gasteiger partial charge on any atom is 0.316 e. The average Bonchev–Trinajstić information content (AvgIpc) is 2.88. The van der Waals surface area contributed by atoms with Crippen molar-refractivity contribution in [2.75, 3.05) is 13.7 Å². The second kappa shape index (κ2) is 12.4. The molecule has 0 saturated carbocycles. The van der Waals surface area contributed by atoms with Crippen molar-refractivity contribution in [2.45, 2.75) is 115 Å². The van der Waals surface area contributed by atoms with Gasteiger partial charge >= 0.3 is 5.97 Å². The van der Waals surface area contributed by atoms with Crippen LogP contribution in [0.1, 0.15) is 79.6 Å². The molecular weight excluding hydrogens is 496 g/mol. The number of aliphatic hydroxyl groups excluding tert-OH is 1. The lowest BCUT2D eigenvalue weighted by atomic mass is 9.71. The van der Waals surface area contributed by atoms with Crippen LogP contribution in [-0.4, -0.2) is 65.7 Å². The summed E-state index contributed by atoms with van der Waals surface area (Å²) in [6.07, 6.45) is 13.3. The van der Waals surface area contributed by atoms with E-state index in [2.05, 4.69) is 39.8 Å². The lowest BCUT2D eigenvalue weighted by molar-refractivity contribution is -0.332. The predicted octanol–water partition coefficient (Wildman–Crippen LogP) is 5.17. The van der Waals surface area contributed by atoms with Crippen molar-refractivity contribution >= 4 is 5.97 Å². The minimum Gasteiger partial charge on any atom is -0.462 e. The molecule has 39 heavy (non-hydrogen) atoms. The number of rotatable bonds is 2. The van der Waals surface area contributed by atoms with Gasteiger partial charge < -0.3 is 29.2 Å². The van der Waals surface area contributed by atoms with Gasteiger partial charge in [0.2, 0.25) is 0 Å². The largest absolute Gasteiger partial charge is 0.462 e. The molecule has 0 radical (unpaired) electrons. The van der Waals surface area contributed by atoms with Gasteiger partial charge in [-0.25, -0.2) is 0 Å². The van der Waals surface area contributed by atoms with Crippen LogP contribution in [0.3, 0.4) is 0 Å². The lowest BCUT2D eigenvalue weighted by Crippen LogP contribution is -2.55. The highest BCUT2D eigenvalue weighted by Gasteiger charge is 2.51. The van der Waals surface area contributed by atoms with Gasteiger partial charge in [-0.3, -0.25) is 4.79 Å². The van der Waals surface area contributed by atoms with Gasteiger partial charge in [-0.1, -0.05) is 49.8 Å². The number of esters is 1. The van der Waals surface area contributed by atoms with Crippen LogP contribution in [0.15, 0.2) is 47.1 Å². The number of methoxy groups -OCH3 is 1. The van der Waals surface area contributed by atoms with E-state index in [1.807, 2.05) is 13.0 Å². The number of allylic oxidation sites excluding steroid dienone is 4. The molecule has 9 atom stereocenters. The standard InChI is InChI=1S/C32H48O7/c1-20-8-7-9-25(19-33)32(35)18-29(36-6)23(4)15-28(32)30(34)37-27-16-26(11-10-21(2)14-20)39-31(17-27)13-12-22(3)24(5)38-31/h7-10,15,20,22,24,26-29,33,35H,11-14,16-19H2,1-6H3/b8-7+,21-10+,25-9+/t20-,22-,24+,26+,27-,28?,29-,31-,32+/m0/s1. The molecule has 2 bridgehead atoms. The molecule has 0 amide bonds. The first-order valence-corrected chi connectivity index (χ1v) is 14.6. The van der Waals surface area contributed by atoms with Crippen LogP contribution in [0.2, 0.25) is 0 Å². The third-order valence-electron chi connectivity index (χ3n) is 9.23. The van der Waals surface area contributed by atoms with Gasteiger partial charge in [0, 0.05) is 32.8 Å². The Balaban J connectivity index is 1.73. The molecule has 1 unspecified atom stereocenters. The van der Waals surface area contributed by atoms with Crippen LogP contribution >= 0.6 is 0 Å². The minimum absolute atomic E-state index is 0.0499. The Bertz CT molecular complexity index is 1010. The van der Waals surface area contributed by atoms with Crippen LogP contribution < -0.4 is 0 Å². The number of fused-ring (bicyclic) bond motifs is 3. The second-order valence-electron chi connectivity index (χ2n) is 12.4. The van der Waals surface area contributed by atoms with E-state index >= 15 is 0 Å². The molecule has 4 aliphatic rings. The van der Waals surface area contributed by atoms with E-state index < -0.39 is 29.4 Å². The molecule has 1 aliphatic carbocycles. The molecule has 7 heteroatoms. The van der Waals surface area contributed by atoms with Crippen molar-refractivity contribution in [3.05, 3.63) is 47.1 Å². The molecule has 0 aromatic carbocycles. The fourth-order valence-corrected chi connectivity index (χ4v) is 6.66. The van der Waals surface area contributed by atoms with Crippen molar-refractivity contribution in [3.63, 3.8) is 0 Å². The fraction of sp³-hybridized carbons (Fsp3) is 0.719.